The summed E-state index contributed by atoms with van der Waals surface area (Å²) in [6.45, 7) is 4.01. The van der Waals surface area contributed by atoms with Crippen LogP contribution in [0.2, 0.25) is 5.15 Å². The molecule has 0 amide bonds. The van der Waals surface area contributed by atoms with Gasteiger partial charge in [0.15, 0.2) is 5.65 Å². The van der Waals surface area contributed by atoms with Crippen molar-refractivity contribution in [2.24, 2.45) is 0 Å². The standard InChI is InChI=1S/C14H14ClN5S/c1-8(11-4-3-5-16-18-11)6-10-7-12(15)19-20-13(10)17-9(2)14(20)21/h3-5,7-8,21H,6H2,1-2H3. The van der Waals surface area contributed by atoms with Gasteiger partial charge in [-0.05, 0) is 31.5 Å². The van der Waals surface area contributed by atoms with Crippen LogP contribution in [-0.2, 0) is 6.42 Å². The number of imidazole rings is 1. The van der Waals surface area contributed by atoms with E-state index in [1.807, 2.05) is 25.1 Å². The van der Waals surface area contributed by atoms with Crippen molar-refractivity contribution in [1.82, 2.24) is 24.8 Å². The first kappa shape index (κ1) is 14.3. The van der Waals surface area contributed by atoms with Crippen LogP contribution < -0.4 is 0 Å². The fraction of sp³-hybridized carbons (Fsp3) is 0.286. The molecule has 3 aromatic rings. The Morgan fingerprint density at radius 2 is 2.24 bits per heavy atom. The minimum atomic E-state index is 0.210. The molecule has 1 unspecified atom stereocenters. The first-order valence-corrected chi connectivity index (χ1v) is 7.40. The van der Waals surface area contributed by atoms with Crippen LogP contribution in [0.1, 0.15) is 29.8 Å². The Bertz CT molecular complexity index is 787. The molecular formula is C14H14ClN5S. The Hall–Kier alpha value is -1.66. The van der Waals surface area contributed by atoms with Crippen LogP contribution in [0.3, 0.4) is 0 Å². The van der Waals surface area contributed by atoms with Crippen LogP contribution in [0.15, 0.2) is 29.4 Å². The zero-order valence-corrected chi connectivity index (χ0v) is 13.3. The molecule has 0 saturated heterocycles. The molecule has 0 aromatic carbocycles. The second kappa shape index (κ2) is 5.61. The molecule has 0 spiro atoms. The number of hydrogen-bond acceptors (Lipinski definition) is 5. The topological polar surface area (TPSA) is 56.0 Å². The normalized spacial score (nSPS) is 12.8. The highest BCUT2D eigenvalue weighted by molar-refractivity contribution is 7.80. The average Bonchev–Trinajstić information content (AvgIpc) is 2.76. The predicted octanol–water partition coefficient (Wildman–Crippen LogP) is 3.12. The maximum absolute atomic E-state index is 6.11. The summed E-state index contributed by atoms with van der Waals surface area (Å²) in [6.07, 6.45) is 2.43. The van der Waals surface area contributed by atoms with Crippen molar-refractivity contribution in [2.75, 3.05) is 0 Å². The van der Waals surface area contributed by atoms with E-state index in [2.05, 4.69) is 39.8 Å². The molecule has 0 bridgehead atoms. The van der Waals surface area contributed by atoms with Gasteiger partial charge in [0.2, 0.25) is 0 Å². The molecule has 0 N–H and O–H groups in total. The highest BCUT2D eigenvalue weighted by Gasteiger charge is 2.16. The largest absolute Gasteiger partial charge is 0.231 e. The van der Waals surface area contributed by atoms with Gasteiger partial charge in [-0.15, -0.1) is 12.6 Å². The Morgan fingerprint density at radius 1 is 1.43 bits per heavy atom. The van der Waals surface area contributed by atoms with Crippen LogP contribution in [-0.4, -0.2) is 24.8 Å². The van der Waals surface area contributed by atoms with Gasteiger partial charge in [-0.1, -0.05) is 18.5 Å². The summed E-state index contributed by atoms with van der Waals surface area (Å²) in [5, 5.41) is 13.5. The number of thiol groups is 1. The van der Waals surface area contributed by atoms with Gasteiger partial charge in [-0.2, -0.15) is 15.3 Å². The number of aromatic nitrogens is 5. The molecule has 5 nitrogen and oxygen atoms in total. The minimum Gasteiger partial charge on any atom is -0.231 e. The number of halogens is 1. The molecule has 3 aromatic heterocycles. The molecule has 1 atom stereocenters. The zero-order valence-electron chi connectivity index (χ0n) is 11.7. The molecule has 7 heteroatoms. The number of rotatable bonds is 3. The summed E-state index contributed by atoms with van der Waals surface area (Å²) in [5.74, 6) is 0.210. The van der Waals surface area contributed by atoms with Crippen molar-refractivity contribution in [3.63, 3.8) is 0 Å². The quantitative estimate of drug-likeness (QED) is 0.754. The van der Waals surface area contributed by atoms with E-state index < -0.39 is 0 Å². The van der Waals surface area contributed by atoms with Crippen LogP contribution in [0.5, 0.6) is 0 Å². The number of nitrogens with zero attached hydrogens (tertiary/aromatic N) is 5. The summed E-state index contributed by atoms with van der Waals surface area (Å²) >= 11 is 10.5. The molecule has 108 valence electrons. The zero-order chi connectivity index (χ0) is 15.0. The lowest BCUT2D eigenvalue weighted by Crippen LogP contribution is -2.05. The molecule has 0 radical (unpaired) electrons. The number of fused-ring (bicyclic) bond motifs is 1. The van der Waals surface area contributed by atoms with Crippen LogP contribution in [0.25, 0.3) is 5.65 Å². The second-order valence-electron chi connectivity index (χ2n) is 5.00. The highest BCUT2D eigenvalue weighted by Crippen LogP contribution is 2.25. The van der Waals surface area contributed by atoms with Gasteiger partial charge in [0, 0.05) is 17.7 Å². The lowest BCUT2D eigenvalue weighted by Gasteiger charge is -2.11. The first-order valence-electron chi connectivity index (χ1n) is 6.57. The lowest BCUT2D eigenvalue weighted by atomic mass is 9.99. The molecule has 21 heavy (non-hydrogen) atoms. The van der Waals surface area contributed by atoms with E-state index in [4.69, 9.17) is 11.6 Å². The third-order valence-electron chi connectivity index (χ3n) is 3.40. The SMILES string of the molecule is Cc1nc2c(CC(C)c3cccnn3)cc(Cl)nn2c1S. The van der Waals surface area contributed by atoms with E-state index in [0.29, 0.717) is 10.2 Å². The molecule has 0 fully saturated rings. The lowest BCUT2D eigenvalue weighted by molar-refractivity contribution is 0.705. The first-order chi connectivity index (χ1) is 10.1. The van der Waals surface area contributed by atoms with Gasteiger partial charge in [-0.3, -0.25) is 0 Å². The number of aryl methyl sites for hydroxylation is 1. The molecule has 3 rings (SSSR count). The second-order valence-corrected chi connectivity index (χ2v) is 5.81. The van der Waals surface area contributed by atoms with E-state index in [-0.39, 0.29) is 5.92 Å². The van der Waals surface area contributed by atoms with Crippen LogP contribution in [0, 0.1) is 6.92 Å². The van der Waals surface area contributed by atoms with E-state index in [1.165, 1.54) is 0 Å². The van der Waals surface area contributed by atoms with Crippen molar-refractivity contribution in [3.8, 4) is 0 Å². The summed E-state index contributed by atoms with van der Waals surface area (Å²) in [5.41, 5.74) is 3.59. The number of hydrogen-bond donors (Lipinski definition) is 1. The van der Waals surface area contributed by atoms with Crippen molar-refractivity contribution in [1.29, 1.82) is 0 Å². The van der Waals surface area contributed by atoms with E-state index in [0.717, 1.165) is 29.0 Å². The highest BCUT2D eigenvalue weighted by atomic mass is 35.5. The Morgan fingerprint density at radius 3 is 2.95 bits per heavy atom. The van der Waals surface area contributed by atoms with Crippen molar-refractivity contribution >= 4 is 29.9 Å². The maximum atomic E-state index is 6.11. The fourth-order valence-electron chi connectivity index (χ4n) is 2.31. The van der Waals surface area contributed by atoms with E-state index in [1.54, 1.807) is 10.7 Å². The molecule has 0 saturated carbocycles. The van der Waals surface area contributed by atoms with Crippen LogP contribution >= 0.6 is 24.2 Å². The van der Waals surface area contributed by atoms with E-state index in [9.17, 15) is 0 Å². The third-order valence-corrected chi connectivity index (χ3v) is 4.10. The van der Waals surface area contributed by atoms with Gasteiger partial charge in [0.1, 0.15) is 10.2 Å². The van der Waals surface area contributed by atoms with Gasteiger partial charge in [0.25, 0.3) is 0 Å². The Labute approximate surface area is 132 Å². The molecular weight excluding hydrogens is 306 g/mol. The van der Waals surface area contributed by atoms with Crippen molar-refractivity contribution in [2.45, 2.75) is 31.2 Å². The average molecular weight is 320 g/mol. The van der Waals surface area contributed by atoms with Crippen LogP contribution in [0.4, 0.5) is 0 Å². The Balaban J connectivity index is 2.02. The molecule has 0 aliphatic heterocycles. The smallest absolute Gasteiger partial charge is 0.158 e. The summed E-state index contributed by atoms with van der Waals surface area (Å²) in [6, 6.07) is 5.71. The molecule has 0 aliphatic carbocycles. The monoisotopic (exact) mass is 319 g/mol. The minimum absolute atomic E-state index is 0.210. The predicted molar refractivity (Wildman–Crippen MR) is 84.1 cm³/mol. The van der Waals surface area contributed by atoms with Gasteiger partial charge in [0.05, 0.1) is 11.4 Å². The van der Waals surface area contributed by atoms with Crippen molar-refractivity contribution in [3.05, 3.63) is 46.5 Å². The molecule has 3 heterocycles. The van der Waals surface area contributed by atoms with Gasteiger partial charge >= 0.3 is 0 Å². The molecule has 0 aliphatic rings. The third kappa shape index (κ3) is 2.73. The summed E-state index contributed by atoms with van der Waals surface area (Å²) < 4.78 is 1.68. The summed E-state index contributed by atoms with van der Waals surface area (Å²) in [4.78, 5) is 4.53. The van der Waals surface area contributed by atoms with Gasteiger partial charge < -0.3 is 0 Å². The summed E-state index contributed by atoms with van der Waals surface area (Å²) in [7, 11) is 0. The maximum Gasteiger partial charge on any atom is 0.158 e. The Kier molecular flexibility index (Phi) is 3.82. The van der Waals surface area contributed by atoms with Gasteiger partial charge in [-0.25, -0.2) is 9.50 Å². The van der Waals surface area contributed by atoms with E-state index >= 15 is 0 Å². The van der Waals surface area contributed by atoms with Crippen molar-refractivity contribution < 1.29 is 0 Å². The fourth-order valence-corrected chi connectivity index (χ4v) is 2.70.